The van der Waals surface area contributed by atoms with Crippen LogP contribution in [-0.2, 0) is 6.54 Å². The Labute approximate surface area is 134 Å². The van der Waals surface area contributed by atoms with Crippen LogP contribution in [0.1, 0.15) is 34.0 Å². The molecule has 0 fully saturated rings. The van der Waals surface area contributed by atoms with Gasteiger partial charge in [0.05, 0.1) is 0 Å². The van der Waals surface area contributed by atoms with Gasteiger partial charge in [-0.3, -0.25) is 4.79 Å². The maximum atomic E-state index is 12.7. The summed E-state index contributed by atoms with van der Waals surface area (Å²) < 4.78 is 1.03. The largest absolute Gasteiger partial charge is 0.335 e. The Kier molecular flexibility index (Phi) is 5.18. The molecule has 0 saturated heterocycles. The van der Waals surface area contributed by atoms with Crippen LogP contribution in [0.15, 0.2) is 46.9 Å². The van der Waals surface area contributed by atoms with E-state index in [4.69, 9.17) is 0 Å². The Hall–Kier alpha value is -1.61. The molecule has 21 heavy (non-hydrogen) atoms. The van der Waals surface area contributed by atoms with E-state index in [-0.39, 0.29) is 5.91 Å². The molecule has 0 radical (unpaired) electrons. The number of halogens is 1. The van der Waals surface area contributed by atoms with Crippen LogP contribution in [0, 0.1) is 13.8 Å². The van der Waals surface area contributed by atoms with E-state index in [0.29, 0.717) is 13.1 Å². The van der Waals surface area contributed by atoms with E-state index in [1.54, 1.807) is 0 Å². The van der Waals surface area contributed by atoms with Crippen LogP contribution in [0.5, 0.6) is 0 Å². The van der Waals surface area contributed by atoms with Crippen LogP contribution in [0.25, 0.3) is 0 Å². The fraction of sp³-hybridized carbons (Fsp3) is 0.278. The molecule has 110 valence electrons. The zero-order valence-corrected chi connectivity index (χ0v) is 14.3. The lowest BCUT2D eigenvalue weighted by molar-refractivity contribution is 0.0752. The third-order valence-corrected chi connectivity index (χ3v) is 4.59. The number of carbonyl (C=O) groups excluding carboxylic acids is 1. The van der Waals surface area contributed by atoms with E-state index in [1.165, 1.54) is 11.1 Å². The summed E-state index contributed by atoms with van der Waals surface area (Å²) in [6, 6.07) is 14.0. The molecule has 0 aliphatic heterocycles. The molecular formula is C18H20BrNO. The molecular weight excluding hydrogens is 326 g/mol. The predicted molar refractivity (Wildman–Crippen MR) is 90.5 cm³/mol. The lowest BCUT2D eigenvalue weighted by Gasteiger charge is -2.22. The maximum absolute atomic E-state index is 12.7. The molecule has 2 rings (SSSR count). The molecule has 1 amide bonds. The topological polar surface area (TPSA) is 20.3 Å². The molecule has 0 atom stereocenters. The summed E-state index contributed by atoms with van der Waals surface area (Å²) in [4.78, 5) is 14.5. The lowest BCUT2D eigenvalue weighted by atomic mass is 10.1. The van der Waals surface area contributed by atoms with Crippen LogP contribution in [-0.4, -0.2) is 17.4 Å². The van der Waals surface area contributed by atoms with Crippen LogP contribution >= 0.6 is 15.9 Å². The molecule has 0 aliphatic rings. The zero-order chi connectivity index (χ0) is 15.4. The third kappa shape index (κ3) is 3.73. The molecule has 2 nitrogen and oxygen atoms in total. The molecule has 0 unspecified atom stereocenters. The summed E-state index contributed by atoms with van der Waals surface area (Å²) in [5, 5.41) is 0. The smallest absolute Gasteiger partial charge is 0.254 e. The van der Waals surface area contributed by atoms with Crippen LogP contribution in [0.4, 0.5) is 0 Å². The van der Waals surface area contributed by atoms with E-state index >= 15 is 0 Å². The van der Waals surface area contributed by atoms with E-state index in [0.717, 1.165) is 15.6 Å². The number of rotatable bonds is 4. The zero-order valence-electron chi connectivity index (χ0n) is 12.7. The van der Waals surface area contributed by atoms with Gasteiger partial charge in [-0.25, -0.2) is 0 Å². The quantitative estimate of drug-likeness (QED) is 0.784. The first-order valence-corrected chi connectivity index (χ1v) is 7.92. The average molecular weight is 346 g/mol. The van der Waals surface area contributed by atoms with Crippen molar-refractivity contribution in [2.45, 2.75) is 27.3 Å². The van der Waals surface area contributed by atoms with Gasteiger partial charge in [-0.1, -0.05) is 40.2 Å². The first kappa shape index (κ1) is 15.8. The fourth-order valence-electron chi connectivity index (χ4n) is 2.28. The van der Waals surface area contributed by atoms with Crippen molar-refractivity contribution in [1.29, 1.82) is 0 Å². The number of carbonyl (C=O) groups is 1. The first-order valence-electron chi connectivity index (χ1n) is 7.13. The van der Waals surface area contributed by atoms with Crippen LogP contribution in [0.3, 0.4) is 0 Å². The number of aryl methyl sites for hydroxylation is 2. The Balaban J connectivity index is 2.22. The normalized spacial score (nSPS) is 10.5. The van der Waals surface area contributed by atoms with Crippen molar-refractivity contribution in [3.05, 3.63) is 69.2 Å². The maximum Gasteiger partial charge on any atom is 0.254 e. The van der Waals surface area contributed by atoms with Gasteiger partial charge in [-0.05, 0) is 55.7 Å². The number of amides is 1. The fourth-order valence-corrected chi connectivity index (χ4v) is 2.53. The Morgan fingerprint density at radius 3 is 2.43 bits per heavy atom. The number of hydrogen-bond donors (Lipinski definition) is 0. The van der Waals surface area contributed by atoms with Gasteiger partial charge in [-0.15, -0.1) is 0 Å². The SMILES string of the molecule is CCN(Cc1ccccc1C)C(=O)c1ccc(Br)c(C)c1. The Bertz CT molecular complexity index is 651. The average Bonchev–Trinajstić information content (AvgIpc) is 2.48. The van der Waals surface area contributed by atoms with Gasteiger partial charge < -0.3 is 4.90 Å². The first-order chi connectivity index (χ1) is 10.0. The van der Waals surface area contributed by atoms with E-state index in [2.05, 4.69) is 35.0 Å². The van der Waals surface area contributed by atoms with Gasteiger partial charge in [0.15, 0.2) is 0 Å². The van der Waals surface area contributed by atoms with E-state index in [1.807, 2.05) is 49.1 Å². The summed E-state index contributed by atoms with van der Waals surface area (Å²) in [6.07, 6.45) is 0. The van der Waals surface area contributed by atoms with Crippen molar-refractivity contribution in [1.82, 2.24) is 4.90 Å². The van der Waals surface area contributed by atoms with Gasteiger partial charge >= 0.3 is 0 Å². The number of benzene rings is 2. The molecule has 0 aromatic heterocycles. The third-order valence-electron chi connectivity index (χ3n) is 3.70. The second kappa shape index (κ2) is 6.90. The van der Waals surface area contributed by atoms with Gasteiger partial charge in [0.1, 0.15) is 0 Å². The number of hydrogen-bond acceptors (Lipinski definition) is 1. The minimum atomic E-state index is 0.0800. The number of nitrogens with zero attached hydrogens (tertiary/aromatic N) is 1. The van der Waals surface area contributed by atoms with E-state index < -0.39 is 0 Å². The van der Waals surface area contributed by atoms with Crippen molar-refractivity contribution >= 4 is 21.8 Å². The molecule has 3 heteroatoms. The lowest BCUT2D eigenvalue weighted by Crippen LogP contribution is -2.30. The van der Waals surface area contributed by atoms with Gasteiger partial charge in [0.25, 0.3) is 5.91 Å². The highest BCUT2D eigenvalue weighted by molar-refractivity contribution is 9.10. The molecule has 2 aromatic carbocycles. The molecule has 0 N–H and O–H groups in total. The van der Waals surface area contributed by atoms with Crippen LogP contribution < -0.4 is 0 Å². The molecule has 0 spiro atoms. The highest BCUT2D eigenvalue weighted by Gasteiger charge is 2.15. The second-order valence-electron chi connectivity index (χ2n) is 5.21. The minimum absolute atomic E-state index is 0.0800. The highest BCUT2D eigenvalue weighted by atomic mass is 79.9. The van der Waals surface area contributed by atoms with Crippen molar-refractivity contribution in [3.8, 4) is 0 Å². The van der Waals surface area contributed by atoms with E-state index in [9.17, 15) is 4.79 Å². The Morgan fingerprint density at radius 1 is 1.10 bits per heavy atom. The van der Waals surface area contributed by atoms with Crippen molar-refractivity contribution in [2.24, 2.45) is 0 Å². The van der Waals surface area contributed by atoms with Crippen molar-refractivity contribution in [2.75, 3.05) is 6.54 Å². The Morgan fingerprint density at radius 2 is 1.81 bits per heavy atom. The standard InChI is InChI=1S/C18H20BrNO/c1-4-20(12-16-8-6-5-7-13(16)2)18(21)15-9-10-17(19)14(3)11-15/h5-11H,4,12H2,1-3H3. The highest BCUT2D eigenvalue weighted by Crippen LogP contribution is 2.19. The summed E-state index contributed by atoms with van der Waals surface area (Å²) in [5.41, 5.74) is 4.23. The summed E-state index contributed by atoms with van der Waals surface area (Å²) in [7, 11) is 0. The van der Waals surface area contributed by atoms with Gasteiger partial charge in [0, 0.05) is 23.1 Å². The van der Waals surface area contributed by atoms with Crippen LogP contribution in [0.2, 0.25) is 0 Å². The minimum Gasteiger partial charge on any atom is -0.335 e. The summed E-state index contributed by atoms with van der Waals surface area (Å²) in [5.74, 6) is 0.0800. The predicted octanol–water partition coefficient (Wildman–Crippen LogP) is 4.73. The second-order valence-corrected chi connectivity index (χ2v) is 6.06. The van der Waals surface area contributed by atoms with Crippen molar-refractivity contribution in [3.63, 3.8) is 0 Å². The molecule has 2 aromatic rings. The van der Waals surface area contributed by atoms with Gasteiger partial charge in [-0.2, -0.15) is 0 Å². The molecule has 0 saturated carbocycles. The monoisotopic (exact) mass is 345 g/mol. The summed E-state index contributed by atoms with van der Waals surface area (Å²) in [6.45, 7) is 7.44. The molecule has 0 bridgehead atoms. The van der Waals surface area contributed by atoms with Crippen molar-refractivity contribution < 1.29 is 4.79 Å². The summed E-state index contributed by atoms with van der Waals surface area (Å²) >= 11 is 3.47. The molecule has 0 heterocycles. The molecule has 0 aliphatic carbocycles. The van der Waals surface area contributed by atoms with Gasteiger partial charge in [0.2, 0.25) is 0 Å².